The maximum absolute atomic E-state index is 12.5. The zero-order chi connectivity index (χ0) is 47.2. The monoisotopic (exact) mass is 890 g/mol. The third kappa shape index (κ3) is 12.7. The topological polar surface area (TPSA) is 171 Å². The molecule has 0 saturated carbocycles. The second-order valence-electron chi connectivity index (χ2n) is 17.7. The minimum absolute atomic E-state index is 0.0271. The first kappa shape index (κ1) is 49.0. The van der Waals surface area contributed by atoms with Crippen LogP contribution in [-0.4, -0.2) is 43.3 Å². The van der Waals surface area contributed by atoms with E-state index < -0.39 is 0 Å². The molecule has 0 aromatic heterocycles. The van der Waals surface area contributed by atoms with Crippen LogP contribution in [-0.2, 0) is 51.3 Å². The lowest BCUT2D eigenvalue weighted by atomic mass is 9.89. The van der Waals surface area contributed by atoms with Gasteiger partial charge in [-0.15, -0.1) is 0 Å². The number of nitrogens with one attached hydrogen (secondary N) is 2. The molecule has 4 amide bonds. The molecule has 4 unspecified atom stereocenters. The number of carbonyl (C=O) groups is 4. The second kappa shape index (κ2) is 23.6. The first-order valence-corrected chi connectivity index (χ1v) is 23.9. The van der Waals surface area contributed by atoms with Gasteiger partial charge < -0.3 is 26.8 Å². The van der Waals surface area contributed by atoms with Crippen LogP contribution >= 0.6 is 0 Å². The Bertz CT molecular complexity index is 2570. The number of hydrogen-bond donors (Lipinski definition) is 4. The Morgan fingerprint density at radius 2 is 1.12 bits per heavy atom. The van der Waals surface area contributed by atoms with Gasteiger partial charge in [-0.25, -0.2) is 0 Å². The minimum atomic E-state index is -0.352. The van der Waals surface area contributed by atoms with Gasteiger partial charge in [-0.05, 0) is 140 Å². The molecule has 4 atom stereocenters. The van der Waals surface area contributed by atoms with Crippen LogP contribution in [0, 0.1) is 35.5 Å². The lowest BCUT2D eigenvalue weighted by molar-refractivity contribution is -0.128. The number of carbonyl (C=O) groups excluding carboxylic acids is 4. The highest BCUT2D eigenvalue weighted by atomic mass is 16.5. The van der Waals surface area contributed by atoms with Crippen LogP contribution in [0.25, 0.3) is 22.3 Å². The summed E-state index contributed by atoms with van der Waals surface area (Å²) in [4.78, 5) is 60.6. The maximum Gasteiger partial charge on any atom is 0.223 e. The van der Waals surface area contributed by atoms with Gasteiger partial charge in [0.05, 0.1) is 6.54 Å². The molecule has 346 valence electrons. The van der Waals surface area contributed by atoms with Crippen molar-refractivity contribution in [2.45, 2.75) is 105 Å². The molecule has 10 nitrogen and oxygen atoms in total. The summed E-state index contributed by atoms with van der Waals surface area (Å²) in [5, 5.41) is 5.97. The SMILES string of the molecule is CCC(CC(CC)C(=O)NCCCc1ccc2c(c1)CCc1ccccc1C#C2)C(N)=O.CCC(CC(CC)C(=O)NCCOc1ccc2c(c1)CCc1ccccc1-c1c-2c1=O)C(N)=O. The van der Waals surface area contributed by atoms with Crippen molar-refractivity contribution in [2.24, 2.45) is 35.1 Å². The van der Waals surface area contributed by atoms with Crippen molar-refractivity contribution < 1.29 is 23.9 Å². The number of nitrogens with two attached hydrogens (primary N) is 2. The molecule has 0 spiro atoms. The molecule has 0 radical (unpaired) electrons. The van der Waals surface area contributed by atoms with E-state index in [0.29, 0.717) is 58.2 Å². The van der Waals surface area contributed by atoms with E-state index in [1.165, 1.54) is 22.3 Å². The van der Waals surface area contributed by atoms with E-state index >= 15 is 0 Å². The smallest absolute Gasteiger partial charge is 0.223 e. The van der Waals surface area contributed by atoms with E-state index in [-0.39, 0.29) is 52.7 Å². The molecule has 0 saturated heterocycles. The molecule has 5 aromatic rings. The predicted octanol–water partition coefficient (Wildman–Crippen LogP) is 7.94. The van der Waals surface area contributed by atoms with Gasteiger partial charge in [-0.2, -0.15) is 0 Å². The number of aryl methyl sites for hydroxylation is 5. The summed E-state index contributed by atoms with van der Waals surface area (Å²) in [5.74, 6) is 5.76. The van der Waals surface area contributed by atoms with Gasteiger partial charge in [-0.1, -0.05) is 100 Å². The largest absolute Gasteiger partial charge is 0.492 e. The van der Waals surface area contributed by atoms with Crippen molar-refractivity contribution in [3.63, 3.8) is 0 Å². The second-order valence-corrected chi connectivity index (χ2v) is 17.7. The van der Waals surface area contributed by atoms with Gasteiger partial charge >= 0.3 is 0 Å². The zero-order valence-corrected chi connectivity index (χ0v) is 39.1. The maximum atomic E-state index is 12.5. The van der Waals surface area contributed by atoms with Crippen LogP contribution in [0.3, 0.4) is 0 Å². The molecule has 0 aliphatic heterocycles. The molecule has 2 aliphatic carbocycles. The Kier molecular flexibility index (Phi) is 17.5. The van der Waals surface area contributed by atoms with Crippen molar-refractivity contribution in [3.8, 4) is 39.8 Å². The normalized spacial score (nSPS) is 14.1. The Morgan fingerprint density at radius 1 is 0.591 bits per heavy atom. The number of rotatable bonds is 20. The van der Waals surface area contributed by atoms with Crippen LogP contribution in [0.2, 0.25) is 0 Å². The molecule has 0 fully saturated rings. The summed E-state index contributed by atoms with van der Waals surface area (Å²) < 4.78 is 5.90. The highest BCUT2D eigenvalue weighted by Crippen LogP contribution is 2.41. The molecule has 0 heterocycles. The van der Waals surface area contributed by atoms with E-state index in [9.17, 15) is 24.0 Å². The van der Waals surface area contributed by atoms with Crippen LogP contribution in [0.4, 0.5) is 0 Å². The minimum Gasteiger partial charge on any atom is -0.492 e. The fourth-order valence-electron chi connectivity index (χ4n) is 9.15. The average Bonchev–Trinajstić information content (AvgIpc) is 3.98. The van der Waals surface area contributed by atoms with E-state index in [2.05, 4.69) is 64.9 Å². The summed E-state index contributed by atoms with van der Waals surface area (Å²) in [7, 11) is 0. The molecule has 6 N–H and O–H groups in total. The van der Waals surface area contributed by atoms with Crippen molar-refractivity contribution in [1.82, 2.24) is 10.6 Å². The lowest BCUT2D eigenvalue weighted by Gasteiger charge is -2.19. The molecular formula is C56H66N4O6. The van der Waals surface area contributed by atoms with Gasteiger partial charge in [0.25, 0.3) is 0 Å². The van der Waals surface area contributed by atoms with Crippen molar-refractivity contribution in [1.29, 1.82) is 0 Å². The average molecular weight is 891 g/mol. The number of fused-ring (bicyclic) bond motifs is 7. The number of amides is 4. The first-order valence-electron chi connectivity index (χ1n) is 23.9. The Morgan fingerprint density at radius 3 is 1.76 bits per heavy atom. The predicted molar refractivity (Wildman–Crippen MR) is 262 cm³/mol. The molecule has 2 aliphatic rings. The zero-order valence-electron chi connectivity index (χ0n) is 39.1. The quantitative estimate of drug-likeness (QED) is 0.0457. The molecule has 66 heavy (non-hydrogen) atoms. The van der Waals surface area contributed by atoms with Crippen molar-refractivity contribution in [3.05, 3.63) is 134 Å². The van der Waals surface area contributed by atoms with Crippen molar-refractivity contribution >= 4 is 23.6 Å². The lowest BCUT2D eigenvalue weighted by Crippen LogP contribution is -2.36. The summed E-state index contributed by atoms with van der Waals surface area (Å²) in [6, 6.07) is 28.9. The van der Waals surface area contributed by atoms with E-state index in [0.717, 1.165) is 83.2 Å². The van der Waals surface area contributed by atoms with Crippen LogP contribution in [0.1, 0.15) is 112 Å². The van der Waals surface area contributed by atoms with Gasteiger partial charge in [0.15, 0.2) is 5.43 Å². The summed E-state index contributed by atoms with van der Waals surface area (Å²) in [6.45, 7) is 9.11. The number of hydrogen-bond acceptors (Lipinski definition) is 6. The Hall–Kier alpha value is -6.47. The van der Waals surface area contributed by atoms with Crippen LogP contribution < -0.4 is 32.3 Å². The standard InChI is InChI=1S/C28H32N2O4.C28H34N2O2/c1-3-17(27(29)32)15-18(4-2)28(33)30-13-14-34-21-11-12-23-20(16-21)10-9-19-7-5-6-8-22(19)24-25(23)26(24)31;1-3-21(27(29)31)19-22(4-2)28(32)30-17-7-8-20-11-12-25-14-13-23-9-5-6-10-24(23)15-16-26(25)18-20/h5-8,11-12,16-18H,3-4,9-10,13-15H2,1-2H3,(H2,29,32)(H,30,33);5-6,9-12,18,21-22H,3-4,7-8,15-17,19H2,1-2H3,(H2,29,31)(H,30,32). The number of ether oxygens (including phenoxy) is 1. The third-order valence-corrected chi connectivity index (χ3v) is 13.4. The summed E-state index contributed by atoms with van der Waals surface area (Å²) >= 11 is 0. The highest BCUT2D eigenvalue weighted by Gasteiger charge is 2.30. The van der Waals surface area contributed by atoms with Crippen LogP contribution in [0.5, 0.6) is 5.75 Å². The molecular weight excluding hydrogens is 825 g/mol. The molecule has 0 bridgehead atoms. The van der Waals surface area contributed by atoms with E-state index in [1.807, 2.05) is 70.2 Å². The Balaban J connectivity index is 0.000000219. The highest BCUT2D eigenvalue weighted by molar-refractivity contribution is 5.96. The van der Waals surface area contributed by atoms with Gasteiger partial charge in [-0.3, -0.25) is 24.0 Å². The molecule has 7 rings (SSSR count). The van der Waals surface area contributed by atoms with Crippen molar-refractivity contribution in [2.75, 3.05) is 19.7 Å². The summed E-state index contributed by atoms with van der Waals surface area (Å²) in [6.07, 6.45) is 9.16. The Labute approximate surface area is 390 Å². The molecule has 5 aromatic carbocycles. The van der Waals surface area contributed by atoms with Gasteiger partial charge in [0.2, 0.25) is 23.6 Å². The van der Waals surface area contributed by atoms with Gasteiger partial charge in [0, 0.05) is 52.5 Å². The molecule has 10 heteroatoms. The van der Waals surface area contributed by atoms with Crippen LogP contribution in [0.15, 0.2) is 89.7 Å². The fourth-order valence-corrected chi connectivity index (χ4v) is 9.15. The van der Waals surface area contributed by atoms with E-state index in [1.54, 1.807) is 0 Å². The van der Waals surface area contributed by atoms with Gasteiger partial charge in [0.1, 0.15) is 12.4 Å². The third-order valence-electron chi connectivity index (χ3n) is 13.4. The first-order chi connectivity index (χ1) is 32.0. The summed E-state index contributed by atoms with van der Waals surface area (Å²) in [5.41, 5.74) is 23.2. The number of primary amides is 2. The van der Waals surface area contributed by atoms with E-state index in [4.69, 9.17) is 16.2 Å². The fraction of sp³-hybridized carbons (Fsp3) is 0.411. The number of benzene rings is 4.